The van der Waals surface area contributed by atoms with Crippen LogP contribution in [0.4, 0.5) is 11.4 Å². The second-order valence-corrected chi connectivity index (χ2v) is 9.19. The molecule has 184 valence electrons. The number of rotatable bonds is 6. The molecule has 1 aromatic heterocycles. The van der Waals surface area contributed by atoms with Gasteiger partial charge in [-0.05, 0) is 54.6 Å². The van der Waals surface area contributed by atoms with Crippen molar-refractivity contribution in [3.8, 4) is 0 Å². The molecule has 0 spiro atoms. The van der Waals surface area contributed by atoms with Gasteiger partial charge >= 0.3 is 5.97 Å². The number of aliphatic imine (C=N–C) groups is 1. The predicted octanol–water partition coefficient (Wildman–Crippen LogP) is 3.47. The number of piperazine rings is 1. The Morgan fingerprint density at radius 1 is 1.03 bits per heavy atom. The van der Waals surface area contributed by atoms with Crippen LogP contribution in [0.15, 0.2) is 72.0 Å². The SMILES string of the molecule is COC(=O)c1ccc2c(c1)NC(=O)C2C(=Nc1ccc(CN2CCN(C)CC2)cc1)c1ccncc1. The molecule has 0 bridgehead atoms. The van der Waals surface area contributed by atoms with Gasteiger partial charge in [-0.15, -0.1) is 0 Å². The Hall–Kier alpha value is -3.88. The third kappa shape index (κ3) is 5.05. The van der Waals surface area contributed by atoms with Gasteiger partial charge in [-0.1, -0.05) is 18.2 Å². The Kier molecular flexibility index (Phi) is 6.88. The molecule has 36 heavy (non-hydrogen) atoms. The van der Waals surface area contributed by atoms with Gasteiger partial charge in [0.25, 0.3) is 0 Å². The van der Waals surface area contributed by atoms with Gasteiger partial charge in [0.2, 0.25) is 5.91 Å². The molecule has 2 aliphatic heterocycles. The molecule has 8 heteroatoms. The fourth-order valence-corrected chi connectivity index (χ4v) is 4.68. The van der Waals surface area contributed by atoms with Crippen molar-refractivity contribution < 1.29 is 14.3 Å². The van der Waals surface area contributed by atoms with Gasteiger partial charge in [-0.25, -0.2) is 4.79 Å². The molecule has 0 aliphatic carbocycles. The summed E-state index contributed by atoms with van der Waals surface area (Å²) in [6, 6.07) is 17.0. The Labute approximate surface area is 210 Å². The highest BCUT2D eigenvalue weighted by molar-refractivity contribution is 6.24. The Morgan fingerprint density at radius 3 is 2.44 bits per heavy atom. The number of fused-ring (bicyclic) bond motifs is 1. The van der Waals surface area contributed by atoms with Crippen LogP contribution in [0.1, 0.15) is 33.0 Å². The van der Waals surface area contributed by atoms with E-state index in [2.05, 4.69) is 39.3 Å². The predicted molar refractivity (Wildman–Crippen MR) is 139 cm³/mol. The summed E-state index contributed by atoms with van der Waals surface area (Å²) in [5.74, 6) is -1.25. The summed E-state index contributed by atoms with van der Waals surface area (Å²) in [4.78, 5) is 39.0. The van der Waals surface area contributed by atoms with E-state index < -0.39 is 11.9 Å². The summed E-state index contributed by atoms with van der Waals surface area (Å²) in [6.07, 6.45) is 3.39. The number of ether oxygens (including phenoxy) is 1. The lowest BCUT2D eigenvalue weighted by Gasteiger charge is -2.32. The van der Waals surface area contributed by atoms with Crippen molar-refractivity contribution in [1.29, 1.82) is 0 Å². The summed E-state index contributed by atoms with van der Waals surface area (Å²) >= 11 is 0. The summed E-state index contributed by atoms with van der Waals surface area (Å²) in [6.45, 7) is 5.22. The van der Waals surface area contributed by atoms with Gasteiger partial charge in [-0.2, -0.15) is 0 Å². The van der Waals surface area contributed by atoms with Crippen LogP contribution >= 0.6 is 0 Å². The van der Waals surface area contributed by atoms with Gasteiger partial charge < -0.3 is 15.0 Å². The van der Waals surface area contributed by atoms with E-state index in [1.807, 2.05) is 24.3 Å². The molecule has 1 amide bonds. The Morgan fingerprint density at radius 2 is 1.75 bits per heavy atom. The normalized spacial score (nSPS) is 18.6. The molecule has 2 aromatic carbocycles. The van der Waals surface area contributed by atoms with Crippen molar-refractivity contribution in [3.05, 3.63) is 89.2 Å². The van der Waals surface area contributed by atoms with Crippen LogP contribution < -0.4 is 5.32 Å². The molecule has 1 unspecified atom stereocenters. The van der Waals surface area contributed by atoms with Crippen molar-refractivity contribution in [3.63, 3.8) is 0 Å². The van der Waals surface area contributed by atoms with Crippen molar-refractivity contribution >= 4 is 29.0 Å². The third-order valence-corrected chi connectivity index (χ3v) is 6.74. The number of pyridine rings is 1. The number of likely N-dealkylation sites (N-methyl/N-ethyl adjacent to an activating group) is 1. The molecule has 8 nitrogen and oxygen atoms in total. The Balaban J connectivity index is 1.45. The molecular weight excluding hydrogens is 454 g/mol. The molecule has 5 rings (SSSR count). The zero-order chi connectivity index (χ0) is 25.1. The molecule has 1 fully saturated rings. The second kappa shape index (κ2) is 10.4. The number of amides is 1. The zero-order valence-electron chi connectivity index (χ0n) is 20.5. The lowest BCUT2D eigenvalue weighted by atomic mass is 9.90. The van der Waals surface area contributed by atoms with E-state index in [4.69, 9.17) is 9.73 Å². The number of nitrogens with one attached hydrogen (secondary N) is 1. The minimum absolute atomic E-state index is 0.186. The summed E-state index contributed by atoms with van der Waals surface area (Å²) in [7, 11) is 3.49. The summed E-state index contributed by atoms with van der Waals surface area (Å²) < 4.78 is 4.82. The van der Waals surface area contributed by atoms with Crippen LogP contribution in [0.5, 0.6) is 0 Å². The largest absolute Gasteiger partial charge is 0.465 e. The minimum Gasteiger partial charge on any atom is -0.465 e. The number of methoxy groups -OCH3 is 1. The van der Waals surface area contributed by atoms with Crippen LogP contribution in [-0.4, -0.2) is 72.7 Å². The standard InChI is InChI=1S/C28H29N5O3/c1-32-13-15-33(16-14-32)18-19-3-6-22(7-4-19)30-26(20-9-11-29-12-10-20)25-23-8-5-21(28(35)36-2)17-24(23)31-27(25)34/h3-12,17,25H,13-16,18H2,1-2H3,(H,31,34). The molecule has 1 atom stereocenters. The van der Waals surface area contributed by atoms with E-state index in [9.17, 15) is 9.59 Å². The maximum absolute atomic E-state index is 13.2. The van der Waals surface area contributed by atoms with Crippen LogP contribution in [0.25, 0.3) is 0 Å². The lowest BCUT2D eigenvalue weighted by Crippen LogP contribution is -2.43. The first-order valence-electron chi connectivity index (χ1n) is 12.0. The highest BCUT2D eigenvalue weighted by Crippen LogP contribution is 2.37. The monoisotopic (exact) mass is 483 g/mol. The molecule has 3 aromatic rings. The zero-order valence-corrected chi connectivity index (χ0v) is 20.5. The average Bonchev–Trinajstić information content (AvgIpc) is 3.24. The molecule has 1 saturated heterocycles. The first-order valence-corrected chi connectivity index (χ1v) is 12.0. The van der Waals surface area contributed by atoms with Gasteiger partial charge in [0, 0.05) is 56.4 Å². The quantitative estimate of drug-likeness (QED) is 0.427. The summed E-state index contributed by atoms with van der Waals surface area (Å²) in [5, 5.41) is 2.91. The fraction of sp³-hybridized carbons (Fsp3) is 0.286. The van der Waals surface area contributed by atoms with E-state index in [0.717, 1.165) is 49.5 Å². The number of carbonyl (C=O) groups is 2. The molecule has 1 N–H and O–H groups in total. The number of esters is 1. The number of carbonyl (C=O) groups excluding carboxylic acids is 2. The van der Waals surface area contributed by atoms with E-state index >= 15 is 0 Å². The highest BCUT2D eigenvalue weighted by atomic mass is 16.5. The minimum atomic E-state index is -0.612. The number of hydrogen-bond acceptors (Lipinski definition) is 7. The van der Waals surface area contributed by atoms with Crippen molar-refractivity contribution in [2.75, 3.05) is 45.7 Å². The number of benzene rings is 2. The van der Waals surface area contributed by atoms with E-state index in [-0.39, 0.29) is 5.91 Å². The van der Waals surface area contributed by atoms with E-state index in [1.165, 1.54) is 12.7 Å². The maximum atomic E-state index is 13.2. The number of anilines is 1. The van der Waals surface area contributed by atoms with Crippen LogP contribution in [-0.2, 0) is 16.1 Å². The van der Waals surface area contributed by atoms with Gasteiger partial charge in [-0.3, -0.25) is 19.7 Å². The lowest BCUT2D eigenvalue weighted by molar-refractivity contribution is -0.115. The summed E-state index contributed by atoms with van der Waals surface area (Å²) in [5.41, 5.74) is 5.21. The molecule has 3 heterocycles. The van der Waals surface area contributed by atoms with Gasteiger partial charge in [0.15, 0.2) is 0 Å². The molecular formula is C28H29N5O3. The van der Waals surface area contributed by atoms with Gasteiger partial charge in [0.1, 0.15) is 5.92 Å². The van der Waals surface area contributed by atoms with Crippen LogP contribution in [0.3, 0.4) is 0 Å². The first-order chi connectivity index (χ1) is 17.5. The van der Waals surface area contributed by atoms with Crippen molar-refractivity contribution in [2.45, 2.75) is 12.5 Å². The average molecular weight is 484 g/mol. The Bertz CT molecular complexity index is 1280. The number of aromatic nitrogens is 1. The first kappa shape index (κ1) is 23.8. The molecule has 0 saturated carbocycles. The number of nitrogens with zero attached hydrogens (tertiary/aromatic N) is 4. The molecule has 2 aliphatic rings. The maximum Gasteiger partial charge on any atom is 0.337 e. The highest BCUT2D eigenvalue weighted by Gasteiger charge is 2.36. The number of hydrogen-bond donors (Lipinski definition) is 1. The van der Waals surface area contributed by atoms with Gasteiger partial charge in [0.05, 0.1) is 24.1 Å². The van der Waals surface area contributed by atoms with Crippen molar-refractivity contribution in [2.24, 2.45) is 4.99 Å². The smallest absolute Gasteiger partial charge is 0.337 e. The second-order valence-electron chi connectivity index (χ2n) is 9.19. The van der Waals surface area contributed by atoms with E-state index in [0.29, 0.717) is 17.0 Å². The van der Waals surface area contributed by atoms with E-state index in [1.54, 1.807) is 30.6 Å². The fourth-order valence-electron chi connectivity index (χ4n) is 4.68. The van der Waals surface area contributed by atoms with Crippen LogP contribution in [0, 0.1) is 0 Å². The van der Waals surface area contributed by atoms with Crippen LogP contribution in [0.2, 0.25) is 0 Å². The third-order valence-electron chi connectivity index (χ3n) is 6.74. The topological polar surface area (TPSA) is 87.1 Å². The van der Waals surface area contributed by atoms with Crippen molar-refractivity contribution in [1.82, 2.24) is 14.8 Å². The molecule has 0 radical (unpaired) electrons.